The number of amides is 1. The van der Waals surface area contributed by atoms with E-state index in [1.807, 2.05) is 11.8 Å². The first-order valence-corrected chi connectivity index (χ1v) is 16.0. The molecule has 266 valence electrons. The summed E-state index contributed by atoms with van der Waals surface area (Å²) in [6.45, 7) is 6.18. The van der Waals surface area contributed by atoms with Gasteiger partial charge in [-0.3, -0.25) is 14.4 Å². The number of anilines is 1. The van der Waals surface area contributed by atoms with Crippen molar-refractivity contribution in [3.63, 3.8) is 0 Å². The van der Waals surface area contributed by atoms with Crippen LogP contribution < -0.4 is 4.90 Å². The lowest BCUT2D eigenvalue weighted by atomic mass is 9.80. The van der Waals surface area contributed by atoms with E-state index in [1.165, 1.54) is 11.8 Å². The van der Waals surface area contributed by atoms with E-state index in [0.29, 0.717) is 53.7 Å². The van der Waals surface area contributed by atoms with Crippen LogP contribution in [0.5, 0.6) is 0 Å². The third-order valence-electron chi connectivity index (χ3n) is 9.35. The van der Waals surface area contributed by atoms with Gasteiger partial charge in [0.15, 0.2) is 5.82 Å². The molecule has 2 aromatic heterocycles. The molecule has 10 nitrogen and oxygen atoms in total. The van der Waals surface area contributed by atoms with Crippen LogP contribution >= 0.6 is 0 Å². The lowest BCUT2D eigenvalue weighted by Gasteiger charge is -2.33. The molecular formula is C33H38F6N6O4. The topological polar surface area (TPSA) is 114 Å². The Morgan fingerprint density at radius 1 is 1.04 bits per heavy atom. The highest BCUT2D eigenvalue weighted by atomic mass is 19.4. The van der Waals surface area contributed by atoms with Crippen molar-refractivity contribution < 1.29 is 45.8 Å². The maximum atomic E-state index is 13.6. The summed E-state index contributed by atoms with van der Waals surface area (Å²) in [5, 5.41) is 13.6. The van der Waals surface area contributed by atoms with E-state index >= 15 is 0 Å². The quantitative estimate of drug-likeness (QED) is 0.218. The number of rotatable bonds is 10. The number of halogens is 6. The molecule has 2 atom stereocenters. The summed E-state index contributed by atoms with van der Waals surface area (Å²) >= 11 is 0. The van der Waals surface area contributed by atoms with E-state index in [9.17, 15) is 41.0 Å². The van der Waals surface area contributed by atoms with E-state index in [-0.39, 0.29) is 30.9 Å². The summed E-state index contributed by atoms with van der Waals surface area (Å²) in [5.74, 6) is 0.0418. The molecule has 49 heavy (non-hydrogen) atoms. The molecule has 0 spiro atoms. The Labute approximate surface area is 279 Å². The zero-order chi connectivity index (χ0) is 35.8. The van der Waals surface area contributed by atoms with Crippen molar-refractivity contribution in [1.82, 2.24) is 24.6 Å². The van der Waals surface area contributed by atoms with E-state index in [0.717, 1.165) is 25.7 Å². The third-order valence-corrected chi connectivity index (χ3v) is 9.35. The molecule has 5 rings (SSSR count). The third kappa shape index (κ3) is 8.10. The summed E-state index contributed by atoms with van der Waals surface area (Å²) in [7, 11) is 1.75. The Hall–Kier alpha value is -4.37. The minimum Gasteiger partial charge on any atom is -0.481 e. The van der Waals surface area contributed by atoms with Crippen molar-refractivity contribution in [2.45, 2.75) is 83.9 Å². The smallest absolute Gasteiger partial charge is 0.416 e. The average Bonchev–Trinajstić information content (AvgIpc) is 3.51. The number of ether oxygens (including phenoxy) is 1. The van der Waals surface area contributed by atoms with Crippen molar-refractivity contribution in [3.05, 3.63) is 58.7 Å². The molecule has 2 aliphatic rings. The number of benzene rings is 1. The first-order chi connectivity index (χ1) is 22.9. The van der Waals surface area contributed by atoms with Crippen molar-refractivity contribution >= 4 is 17.9 Å². The van der Waals surface area contributed by atoms with E-state index < -0.39 is 53.3 Å². The summed E-state index contributed by atoms with van der Waals surface area (Å²) in [6, 6.07) is 0.229. The summed E-state index contributed by atoms with van der Waals surface area (Å²) in [6.07, 6.45) is -5.71. The molecule has 2 fully saturated rings. The number of aryl methyl sites for hydroxylation is 2. The number of carbonyl (C=O) groups excluding carboxylic acids is 1. The van der Waals surface area contributed by atoms with Gasteiger partial charge >= 0.3 is 24.4 Å². The van der Waals surface area contributed by atoms with Gasteiger partial charge in [0.1, 0.15) is 11.8 Å². The normalized spacial score (nSPS) is 21.6. The Kier molecular flexibility index (Phi) is 10.2. The van der Waals surface area contributed by atoms with Crippen LogP contribution in [0.4, 0.5) is 37.0 Å². The van der Waals surface area contributed by atoms with Crippen LogP contribution in [-0.2, 0) is 35.5 Å². The lowest BCUT2D eigenvalue weighted by molar-refractivity contribution is -0.143. The van der Waals surface area contributed by atoms with Gasteiger partial charge in [-0.2, -0.15) is 31.4 Å². The van der Waals surface area contributed by atoms with Gasteiger partial charge in [0.2, 0.25) is 0 Å². The largest absolute Gasteiger partial charge is 0.481 e. The predicted molar refractivity (Wildman–Crippen MR) is 165 cm³/mol. The fourth-order valence-corrected chi connectivity index (χ4v) is 6.78. The lowest BCUT2D eigenvalue weighted by Crippen LogP contribution is -2.36. The molecule has 0 unspecified atom stereocenters. The SMILES string of the molecule is CCN(CC1CCC(CC(=O)O)CC1)c1ncc(-c2cn(C)nc2C)nc1CN1C(=O)O[C@H](c2cc(C(F)(F)F)cc(C(F)(F)F)c2)[C@@H]1C. The highest BCUT2D eigenvalue weighted by Crippen LogP contribution is 2.41. The Morgan fingerprint density at radius 3 is 2.18 bits per heavy atom. The van der Waals surface area contributed by atoms with Crippen molar-refractivity contribution in [2.24, 2.45) is 18.9 Å². The van der Waals surface area contributed by atoms with Gasteiger partial charge in [-0.1, -0.05) is 0 Å². The van der Waals surface area contributed by atoms with Crippen molar-refractivity contribution in [2.75, 3.05) is 18.0 Å². The van der Waals surface area contributed by atoms with Gasteiger partial charge in [0.05, 0.1) is 41.3 Å². The predicted octanol–water partition coefficient (Wildman–Crippen LogP) is 7.41. The number of cyclic esters (lactones) is 1. The standard InChI is InChI=1S/C33H38F6N6O4/c1-5-44(15-21-8-6-20(7-9-21)10-28(46)47)30-27(41-26(14-40-30)25-16-43(4)42-18(25)2)17-45-19(3)29(49-31(45)48)22-11-23(32(34,35)36)13-24(12-22)33(37,38)39/h11-14,16,19-21,29H,5-10,15,17H2,1-4H3,(H,46,47)/t19-,20?,21?,29-/m0/s1. The summed E-state index contributed by atoms with van der Waals surface area (Å²) < 4.78 is 88.8. The van der Waals surface area contributed by atoms with Crippen LogP contribution in [0, 0.1) is 18.8 Å². The monoisotopic (exact) mass is 696 g/mol. The van der Waals surface area contributed by atoms with Crippen molar-refractivity contribution in [1.29, 1.82) is 0 Å². The molecular weight excluding hydrogens is 658 g/mol. The van der Waals surface area contributed by atoms with Gasteiger partial charge in [0.25, 0.3) is 0 Å². The summed E-state index contributed by atoms with van der Waals surface area (Å²) in [5.41, 5.74) is -1.21. The number of alkyl halides is 6. The average molecular weight is 697 g/mol. The van der Waals surface area contributed by atoms with Gasteiger partial charge in [-0.05, 0) is 82.1 Å². The number of nitrogens with zero attached hydrogens (tertiary/aromatic N) is 6. The molecule has 0 bridgehead atoms. The fourth-order valence-electron chi connectivity index (χ4n) is 6.78. The molecule has 16 heteroatoms. The second kappa shape index (κ2) is 13.9. The van der Waals surface area contributed by atoms with Crippen LogP contribution in [0.1, 0.15) is 80.1 Å². The number of hydrogen-bond donors (Lipinski definition) is 1. The second-order valence-electron chi connectivity index (χ2n) is 12.9. The summed E-state index contributed by atoms with van der Waals surface area (Å²) in [4.78, 5) is 37.4. The van der Waals surface area contributed by atoms with E-state index in [2.05, 4.69) is 5.10 Å². The molecule has 1 saturated carbocycles. The number of carboxylic acid groups (broad SMARTS) is 1. The number of carboxylic acids is 1. The molecule has 3 heterocycles. The fraction of sp³-hybridized carbons (Fsp3) is 0.545. The number of aromatic nitrogens is 4. The first-order valence-electron chi connectivity index (χ1n) is 16.0. The van der Waals surface area contributed by atoms with Crippen LogP contribution in [0.2, 0.25) is 0 Å². The molecule has 1 aromatic carbocycles. The molecule has 1 saturated heterocycles. The van der Waals surface area contributed by atoms with E-state index in [4.69, 9.17) is 14.7 Å². The maximum Gasteiger partial charge on any atom is 0.416 e. The molecule has 1 N–H and O–H groups in total. The zero-order valence-corrected chi connectivity index (χ0v) is 27.5. The van der Waals surface area contributed by atoms with Crippen molar-refractivity contribution in [3.8, 4) is 11.3 Å². The van der Waals surface area contributed by atoms with Crippen LogP contribution in [0.15, 0.2) is 30.6 Å². The Bertz CT molecular complexity index is 1650. The number of hydrogen-bond acceptors (Lipinski definition) is 7. The van der Waals surface area contributed by atoms with E-state index in [1.54, 1.807) is 31.0 Å². The zero-order valence-electron chi connectivity index (χ0n) is 27.5. The van der Waals surface area contributed by atoms with Crippen LogP contribution in [-0.4, -0.2) is 60.9 Å². The second-order valence-corrected chi connectivity index (χ2v) is 12.9. The minimum absolute atomic E-state index is 0.0362. The highest BCUT2D eigenvalue weighted by Gasteiger charge is 2.44. The number of carbonyl (C=O) groups is 2. The van der Waals surface area contributed by atoms with Gasteiger partial charge in [-0.15, -0.1) is 0 Å². The van der Waals surface area contributed by atoms with Gasteiger partial charge in [-0.25, -0.2) is 14.8 Å². The molecule has 1 aliphatic heterocycles. The van der Waals surface area contributed by atoms with Crippen LogP contribution in [0.25, 0.3) is 11.3 Å². The maximum absolute atomic E-state index is 13.6. The highest BCUT2D eigenvalue weighted by molar-refractivity contribution is 5.72. The molecule has 1 aliphatic carbocycles. The van der Waals surface area contributed by atoms with Gasteiger partial charge in [0, 0.05) is 38.3 Å². The van der Waals surface area contributed by atoms with Gasteiger partial charge < -0.3 is 14.7 Å². The van der Waals surface area contributed by atoms with Crippen LogP contribution in [0.3, 0.4) is 0 Å². The first kappa shape index (κ1) is 35.9. The minimum atomic E-state index is -5.06. The number of aliphatic carboxylic acids is 1. The Morgan fingerprint density at radius 2 is 1.65 bits per heavy atom. The molecule has 1 amide bonds. The Balaban J connectivity index is 1.46. The molecule has 0 radical (unpaired) electrons. The molecule has 3 aromatic rings.